The Hall–Kier alpha value is -1.37. The molecule has 0 rings (SSSR count). The van der Waals surface area contributed by atoms with Gasteiger partial charge in [-0.05, 0) is 39.1 Å². The lowest BCUT2D eigenvalue weighted by Crippen LogP contribution is -1.81. The summed E-state index contributed by atoms with van der Waals surface area (Å²) in [4.78, 5) is 3.96. The molecule has 0 spiro atoms. The molecule has 0 radical (unpaired) electrons. The van der Waals surface area contributed by atoms with Gasteiger partial charge in [-0.15, -0.1) is 0 Å². The van der Waals surface area contributed by atoms with Crippen LogP contribution in [-0.4, -0.2) is 6.72 Å². The van der Waals surface area contributed by atoms with Crippen molar-refractivity contribution in [2.45, 2.75) is 20.8 Å². The molecule has 0 aromatic carbocycles. The van der Waals surface area contributed by atoms with Crippen molar-refractivity contribution in [3.63, 3.8) is 0 Å². The largest absolute Gasteiger partial charge is 0.264 e. The van der Waals surface area contributed by atoms with Crippen LogP contribution in [0, 0.1) is 0 Å². The van der Waals surface area contributed by atoms with Crippen LogP contribution in [0.4, 0.5) is 0 Å². The van der Waals surface area contributed by atoms with Crippen LogP contribution in [0.5, 0.6) is 0 Å². The molecule has 0 bridgehead atoms. The Balaban J connectivity index is 4.84. The molecule has 0 heterocycles. The normalized spacial score (nSPS) is 14.4. The molecule has 0 amide bonds. The molecule has 0 aromatic heterocycles. The van der Waals surface area contributed by atoms with Crippen LogP contribution in [0.2, 0.25) is 0 Å². The van der Waals surface area contributed by atoms with Crippen molar-refractivity contribution >= 4 is 6.72 Å². The van der Waals surface area contributed by atoms with Gasteiger partial charge in [-0.2, -0.15) is 0 Å². The molecule has 0 atom stereocenters. The summed E-state index contributed by atoms with van der Waals surface area (Å²) in [7, 11) is 0. The van der Waals surface area contributed by atoms with E-state index in [1.807, 2.05) is 57.2 Å². The molecule has 13 heavy (non-hydrogen) atoms. The molecule has 1 nitrogen and oxygen atoms in total. The molecule has 0 aliphatic heterocycles. The Morgan fingerprint density at radius 3 is 2.23 bits per heavy atom. The Morgan fingerprint density at radius 2 is 1.85 bits per heavy atom. The van der Waals surface area contributed by atoms with E-state index in [0.717, 1.165) is 11.3 Å². The number of aliphatic imine (C=N–C) groups is 1. The van der Waals surface area contributed by atoms with Crippen molar-refractivity contribution in [3.05, 3.63) is 47.7 Å². The van der Waals surface area contributed by atoms with E-state index in [1.165, 1.54) is 0 Å². The summed E-state index contributed by atoms with van der Waals surface area (Å²) in [6.07, 6.45) is 11.9. The maximum atomic E-state index is 3.96. The van der Waals surface area contributed by atoms with Crippen LogP contribution in [0.25, 0.3) is 0 Å². The van der Waals surface area contributed by atoms with Crippen LogP contribution < -0.4 is 0 Å². The zero-order valence-electron chi connectivity index (χ0n) is 8.62. The molecule has 0 unspecified atom stereocenters. The van der Waals surface area contributed by atoms with E-state index in [4.69, 9.17) is 0 Å². The predicted octanol–water partition coefficient (Wildman–Crippen LogP) is 3.67. The lowest BCUT2D eigenvalue weighted by Gasteiger charge is -1.99. The molecule has 0 fully saturated rings. The number of nitrogens with zero attached hydrogens (tertiary/aromatic N) is 1. The summed E-state index contributed by atoms with van der Waals surface area (Å²) in [6.45, 7) is 9.49. The highest BCUT2D eigenvalue weighted by Gasteiger charge is 1.94. The topological polar surface area (TPSA) is 12.4 Å². The van der Waals surface area contributed by atoms with Gasteiger partial charge in [0.15, 0.2) is 0 Å². The molecular formula is C12H17N. The quantitative estimate of drug-likeness (QED) is 0.456. The third kappa shape index (κ3) is 4.26. The van der Waals surface area contributed by atoms with Crippen molar-refractivity contribution < 1.29 is 0 Å². The van der Waals surface area contributed by atoms with Gasteiger partial charge in [0.25, 0.3) is 0 Å². The lowest BCUT2D eigenvalue weighted by atomic mass is 10.1. The van der Waals surface area contributed by atoms with Gasteiger partial charge in [-0.3, -0.25) is 4.99 Å². The number of hydrogen-bond acceptors (Lipinski definition) is 1. The first kappa shape index (κ1) is 11.6. The van der Waals surface area contributed by atoms with Gasteiger partial charge in [-0.1, -0.05) is 30.4 Å². The zero-order chi connectivity index (χ0) is 10.1. The molecule has 0 aromatic rings. The second-order valence-corrected chi connectivity index (χ2v) is 2.48. The first-order chi connectivity index (χ1) is 6.29. The van der Waals surface area contributed by atoms with Crippen LogP contribution in [0.15, 0.2) is 52.7 Å². The Morgan fingerprint density at radius 1 is 1.15 bits per heavy atom. The molecule has 0 saturated heterocycles. The molecular weight excluding hydrogens is 158 g/mol. The average Bonchev–Trinajstić information content (AvgIpc) is 2.17. The highest BCUT2D eigenvalue weighted by molar-refractivity contribution is 5.45. The van der Waals surface area contributed by atoms with E-state index < -0.39 is 0 Å². The molecule has 1 heteroatoms. The molecule has 0 aliphatic carbocycles. The fraction of sp³-hybridized carbons (Fsp3) is 0.250. The smallest absolute Gasteiger partial charge is 0.0691 e. The third-order valence-corrected chi connectivity index (χ3v) is 1.57. The van der Waals surface area contributed by atoms with E-state index in [9.17, 15) is 0 Å². The second-order valence-electron chi connectivity index (χ2n) is 2.48. The highest BCUT2D eigenvalue weighted by atomic mass is 14.7. The van der Waals surface area contributed by atoms with Crippen LogP contribution in [-0.2, 0) is 0 Å². The Labute approximate surface area is 80.9 Å². The number of rotatable bonds is 4. The van der Waals surface area contributed by atoms with Gasteiger partial charge >= 0.3 is 0 Å². The van der Waals surface area contributed by atoms with Gasteiger partial charge in [0.2, 0.25) is 0 Å². The minimum absolute atomic E-state index is 0.902. The van der Waals surface area contributed by atoms with Gasteiger partial charge in [0.1, 0.15) is 0 Å². The summed E-state index contributed by atoms with van der Waals surface area (Å²) in [5.41, 5.74) is 1.99. The first-order valence-corrected chi connectivity index (χ1v) is 4.39. The van der Waals surface area contributed by atoms with E-state index in [0.29, 0.717) is 0 Å². The SMILES string of the molecule is C=NC(=C\C=C/C)/C(/C=C\C)=C/C. The summed E-state index contributed by atoms with van der Waals surface area (Å²) in [5, 5.41) is 0. The Kier molecular flexibility index (Phi) is 6.52. The predicted molar refractivity (Wildman–Crippen MR) is 61.0 cm³/mol. The van der Waals surface area contributed by atoms with Gasteiger partial charge in [0.05, 0.1) is 5.70 Å². The van der Waals surface area contributed by atoms with Crippen molar-refractivity contribution in [1.29, 1.82) is 0 Å². The van der Waals surface area contributed by atoms with Gasteiger partial charge in [-0.25, -0.2) is 0 Å². The van der Waals surface area contributed by atoms with Gasteiger partial charge in [0, 0.05) is 0 Å². The number of hydrogen-bond donors (Lipinski definition) is 0. The summed E-state index contributed by atoms with van der Waals surface area (Å²) in [6, 6.07) is 0. The monoisotopic (exact) mass is 175 g/mol. The van der Waals surface area contributed by atoms with E-state index in [1.54, 1.807) is 0 Å². The van der Waals surface area contributed by atoms with Crippen molar-refractivity contribution in [2.24, 2.45) is 4.99 Å². The second kappa shape index (κ2) is 7.29. The van der Waals surface area contributed by atoms with Crippen LogP contribution in [0.1, 0.15) is 20.8 Å². The maximum absolute atomic E-state index is 3.96. The highest BCUT2D eigenvalue weighted by Crippen LogP contribution is 2.12. The molecule has 0 aliphatic rings. The fourth-order valence-corrected chi connectivity index (χ4v) is 0.937. The third-order valence-electron chi connectivity index (χ3n) is 1.57. The van der Waals surface area contributed by atoms with Crippen LogP contribution >= 0.6 is 0 Å². The fourth-order valence-electron chi connectivity index (χ4n) is 0.937. The summed E-state index contributed by atoms with van der Waals surface area (Å²) < 4.78 is 0. The minimum Gasteiger partial charge on any atom is -0.264 e. The van der Waals surface area contributed by atoms with Crippen molar-refractivity contribution in [1.82, 2.24) is 0 Å². The minimum atomic E-state index is 0.902. The van der Waals surface area contributed by atoms with Crippen LogP contribution in [0.3, 0.4) is 0 Å². The summed E-state index contributed by atoms with van der Waals surface area (Å²) >= 11 is 0. The summed E-state index contributed by atoms with van der Waals surface area (Å²) in [5.74, 6) is 0. The number of allylic oxidation sites excluding steroid dienone is 6. The van der Waals surface area contributed by atoms with Crippen molar-refractivity contribution in [2.75, 3.05) is 0 Å². The van der Waals surface area contributed by atoms with Gasteiger partial charge < -0.3 is 0 Å². The van der Waals surface area contributed by atoms with E-state index in [-0.39, 0.29) is 0 Å². The molecule has 70 valence electrons. The maximum Gasteiger partial charge on any atom is 0.0691 e. The first-order valence-electron chi connectivity index (χ1n) is 4.39. The Bertz CT molecular complexity index is 265. The van der Waals surface area contributed by atoms with E-state index >= 15 is 0 Å². The van der Waals surface area contributed by atoms with Crippen molar-refractivity contribution in [3.8, 4) is 0 Å². The molecule has 0 saturated carbocycles. The lowest BCUT2D eigenvalue weighted by molar-refractivity contribution is 1.34. The standard InChI is InChI=1S/C12H17N/c1-5-8-10-12(13-4)11(7-3)9-6-2/h5-10H,4H2,1-3H3/b8-5-,9-6-,11-7+,12-10-. The average molecular weight is 175 g/mol. The zero-order valence-corrected chi connectivity index (χ0v) is 8.62. The molecule has 0 N–H and O–H groups in total. The van der Waals surface area contributed by atoms with E-state index in [2.05, 4.69) is 11.7 Å².